The third kappa shape index (κ3) is 3.52. The summed E-state index contributed by atoms with van der Waals surface area (Å²) in [6.07, 6.45) is 1.87. The van der Waals surface area contributed by atoms with E-state index in [1.165, 1.54) is 0 Å². The van der Waals surface area contributed by atoms with Crippen LogP contribution in [0.25, 0.3) is 0 Å². The summed E-state index contributed by atoms with van der Waals surface area (Å²) in [5.41, 5.74) is 6.76. The fraction of sp³-hybridized carbons (Fsp3) is 0.200. The molecule has 0 aliphatic heterocycles. The van der Waals surface area contributed by atoms with E-state index in [1.807, 2.05) is 24.6 Å². The Balaban J connectivity index is 2.20. The standard InChI is InChI=1S/C15H16BrN3O2/c1-9(2)19-8-11(16)7-13(19)15(21)18-12-5-3-10(4-6-12)14(17)20/h3-9H,1-2H3,(H2,17,20)(H,18,21). The highest BCUT2D eigenvalue weighted by Gasteiger charge is 2.15. The van der Waals surface area contributed by atoms with Crippen LogP contribution in [0.3, 0.4) is 0 Å². The van der Waals surface area contributed by atoms with Gasteiger partial charge in [-0.25, -0.2) is 0 Å². The highest BCUT2D eigenvalue weighted by molar-refractivity contribution is 9.10. The molecule has 3 N–H and O–H groups in total. The molecular weight excluding hydrogens is 334 g/mol. The molecule has 2 rings (SSSR count). The fourth-order valence-electron chi connectivity index (χ4n) is 1.97. The lowest BCUT2D eigenvalue weighted by molar-refractivity contribution is 0.0997. The average molecular weight is 350 g/mol. The number of primary amides is 1. The first-order valence-electron chi connectivity index (χ1n) is 6.47. The number of carbonyl (C=O) groups excluding carboxylic acids is 2. The molecule has 0 spiro atoms. The Bertz CT molecular complexity index is 675. The Morgan fingerprint density at radius 3 is 2.38 bits per heavy atom. The number of aromatic nitrogens is 1. The largest absolute Gasteiger partial charge is 0.366 e. The van der Waals surface area contributed by atoms with E-state index >= 15 is 0 Å². The van der Waals surface area contributed by atoms with Crippen molar-refractivity contribution in [2.45, 2.75) is 19.9 Å². The van der Waals surface area contributed by atoms with Crippen LogP contribution >= 0.6 is 15.9 Å². The SMILES string of the molecule is CC(C)n1cc(Br)cc1C(=O)Nc1ccc(C(N)=O)cc1. The van der Waals surface area contributed by atoms with E-state index < -0.39 is 5.91 Å². The molecule has 0 bridgehead atoms. The number of nitrogens with zero attached hydrogens (tertiary/aromatic N) is 1. The second-order valence-electron chi connectivity index (χ2n) is 4.94. The van der Waals surface area contributed by atoms with Gasteiger partial charge in [-0.3, -0.25) is 9.59 Å². The molecule has 0 saturated heterocycles. The molecular formula is C15H16BrN3O2. The minimum atomic E-state index is -0.495. The predicted octanol–water partition coefficient (Wildman–Crippen LogP) is 3.18. The first-order chi connectivity index (χ1) is 9.88. The molecule has 0 atom stereocenters. The third-order valence-corrected chi connectivity index (χ3v) is 3.47. The average Bonchev–Trinajstić information content (AvgIpc) is 2.82. The van der Waals surface area contributed by atoms with Gasteiger partial charge in [-0.1, -0.05) is 0 Å². The maximum atomic E-state index is 12.3. The number of amides is 2. The number of benzene rings is 1. The third-order valence-electron chi connectivity index (χ3n) is 3.03. The summed E-state index contributed by atoms with van der Waals surface area (Å²) in [5, 5.41) is 2.80. The molecule has 6 heteroatoms. The van der Waals surface area contributed by atoms with Crippen LogP contribution in [0.1, 0.15) is 40.7 Å². The number of nitrogens with one attached hydrogen (secondary N) is 1. The number of carbonyl (C=O) groups is 2. The second-order valence-corrected chi connectivity index (χ2v) is 5.86. The molecule has 1 aromatic carbocycles. The van der Waals surface area contributed by atoms with Crippen molar-refractivity contribution in [3.05, 3.63) is 52.3 Å². The van der Waals surface area contributed by atoms with Crippen molar-refractivity contribution in [2.75, 3.05) is 5.32 Å². The van der Waals surface area contributed by atoms with Crippen molar-refractivity contribution in [1.82, 2.24) is 4.57 Å². The Labute approximate surface area is 131 Å². The highest BCUT2D eigenvalue weighted by Crippen LogP contribution is 2.20. The molecule has 0 aliphatic rings. The Morgan fingerprint density at radius 1 is 1.24 bits per heavy atom. The zero-order chi connectivity index (χ0) is 15.6. The molecule has 0 aliphatic carbocycles. The van der Waals surface area contributed by atoms with Gasteiger partial charge in [-0.2, -0.15) is 0 Å². The summed E-state index contributed by atoms with van der Waals surface area (Å²) in [4.78, 5) is 23.3. The molecule has 1 heterocycles. The number of anilines is 1. The van der Waals surface area contributed by atoms with Gasteiger partial charge in [-0.05, 0) is 60.1 Å². The molecule has 0 fully saturated rings. The molecule has 2 aromatic rings. The normalized spacial score (nSPS) is 10.7. The minimum absolute atomic E-state index is 0.175. The molecule has 0 saturated carbocycles. The van der Waals surface area contributed by atoms with Crippen LogP contribution in [-0.2, 0) is 0 Å². The van der Waals surface area contributed by atoms with Crippen molar-refractivity contribution in [2.24, 2.45) is 5.73 Å². The maximum absolute atomic E-state index is 12.3. The summed E-state index contributed by atoms with van der Waals surface area (Å²) in [6, 6.07) is 8.40. The summed E-state index contributed by atoms with van der Waals surface area (Å²) >= 11 is 3.38. The van der Waals surface area contributed by atoms with Crippen molar-refractivity contribution in [1.29, 1.82) is 0 Å². The smallest absolute Gasteiger partial charge is 0.272 e. The van der Waals surface area contributed by atoms with Gasteiger partial charge in [0, 0.05) is 28.0 Å². The van der Waals surface area contributed by atoms with Crippen LogP contribution in [0.2, 0.25) is 0 Å². The van der Waals surface area contributed by atoms with E-state index in [2.05, 4.69) is 21.2 Å². The van der Waals surface area contributed by atoms with Crippen LogP contribution in [0, 0.1) is 0 Å². The highest BCUT2D eigenvalue weighted by atomic mass is 79.9. The number of nitrogens with two attached hydrogens (primary N) is 1. The molecule has 0 unspecified atom stereocenters. The van der Waals surface area contributed by atoms with E-state index in [-0.39, 0.29) is 11.9 Å². The predicted molar refractivity (Wildman–Crippen MR) is 85.4 cm³/mol. The monoisotopic (exact) mass is 349 g/mol. The van der Waals surface area contributed by atoms with Gasteiger partial charge < -0.3 is 15.6 Å². The van der Waals surface area contributed by atoms with Crippen LogP contribution < -0.4 is 11.1 Å². The van der Waals surface area contributed by atoms with Gasteiger partial charge in [0.05, 0.1) is 0 Å². The van der Waals surface area contributed by atoms with Crippen molar-refractivity contribution >= 4 is 33.4 Å². The number of hydrogen-bond acceptors (Lipinski definition) is 2. The summed E-state index contributed by atoms with van der Waals surface area (Å²) in [5.74, 6) is -0.702. The van der Waals surface area contributed by atoms with Crippen LogP contribution in [0.4, 0.5) is 5.69 Å². The Kier molecular flexibility index (Phi) is 4.47. The minimum Gasteiger partial charge on any atom is -0.366 e. The summed E-state index contributed by atoms with van der Waals surface area (Å²) in [6.45, 7) is 4.01. The molecule has 21 heavy (non-hydrogen) atoms. The quantitative estimate of drug-likeness (QED) is 0.888. The molecule has 2 amide bonds. The first kappa shape index (κ1) is 15.3. The first-order valence-corrected chi connectivity index (χ1v) is 7.26. The van der Waals surface area contributed by atoms with Crippen LogP contribution in [0.15, 0.2) is 41.0 Å². The maximum Gasteiger partial charge on any atom is 0.272 e. The second kappa shape index (κ2) is 6.13. The van der Waals surface area contributed by atoms with Gasteiger partial charge in [0.2, 0.25) is 5.91 Å². The van der Waals surface area contributed by atoms with Crippen molar-refractivity contribution < 1.29 is 9.59 Å². The molecule has 5 nitrogen and oxygen atoms in total. The molecule has 0 radical (unpaired) electrons. The lowest BCUT2D eigenvalue weighted by Gasteiger charge is -2.12. The number of halogens is 1. The van der Waals surface area contributed by atoms with E-state index in [1.54, 1.807) is 30.3 Å². The fourth-order valence-corrected chi connectivity index (χ4v) is 2.41. The van der Waals surface area contributed by atoms with Gasteiger partial charge >= 0.3 is 0 Å². The number of hydrogen-bond donors (Lipinski definition) is 2. The van der Waals surface area contributed by atoms with Crippen LogP contribution in [0.5, 0.6) is 0 Å². The summed E-state index contributed by atoms with van der Waals surface area (Å²) < 4.78 is 2.74. The van der Waals surface area contributed by atoms with Crippen molar-refractivity contribution in [3.63, 3.8) is 0 Å². The molecule has 1 aromatic heterocycles. The van der Waals surface area contributed by atoms with Gasteiger partial charge in [-0.15, -0.1) is 0 Å². The van der Waals surface area contributed by atoms with E-state index in [0.717, 1.165) is 4.47 Å². The zero-order valence-corrected chi connectivity index (χ0v) is 13.3. The van der Waals surface area contributed by atoms with Gasteiger partial charge in [0.15, 0.2) is 0 Å². The Hall–Kier alpha value is -2.08. The lowest BCUT2D eigenvalue weighted by atomic mass is 10.2. The topological polar surface area (TPSA) is 77.1 Å². The molecule has 110 valence electrons. The van der Waals surface area contributed by atoms with E-state index in [9.17, 15) is 9.59 Å². The zero-order valence-electron chi connectivity index (χ0n) is 11.8. The number of rotatable bonds is 4. The van der Waals surface area contributed by atoms with E-state index in [0.29, 0.717) is 16.9 Å². The van der Waals surface area contributed by atoms with Crippen molar-refractivity contribution in [3.8, 4) is 0 Å². The lowest BCUT2D eigenvalue weighted by Crippen LogP contribution is -2.18. The summed E-state index contributed by atoms with van der Waals surface area (Å²) in [7, 11) is 0. The van der Waals surface area contributed by atoms with E-state index in [4.69, 9.17) is 5.73 Å². The van der Waals surface area contributed by atoms with Gasteiger partial charge in [0.25, 0.3) is 5.91 Å². The van der Waals surface area contributed by atoms with Crippen LogP contribution in [-0.4, -0.2) is 16.4 Å². The van der Waals surface area contributed by atoms with Gasteiger partial charge in [0.1, 0.15) is 5.69 Å². The Morgan fingerprint density at radius 2 is 1.86 bits per heavy atom.